The van der Waals surface area contributed by atoms with E-state index in [0.29, 0.717) is 24.8 Å². The first kappa shape index (κ1) is 15.9. The number of carbonyl (C=O) groups excluding carboxylic acids is 1. The van der Waals surface area contributed by atoms with Gasteiger partial charge in [0.1, 0.15) is 0 Å². The molecule has 23 heavy (non-hydrogen) atoms. The molecule has 0 aromatic rings. The van der Waals surface area contributed by atoms with E-state index in [1.165, 1.54) is 6.42 Å². The molecule has 1 heterocycles. The second-order valence-electron chi connectivity index (χ2n) is 8.53. The zero-order valence-electron chi connectivity index (χ0n) is 13.6. The molecule has 1 saturated heterocycles. The Kier molecular flexibility index (Phi) is 3.76. The van der Waals surface area contributed by atoms with Gasteiger partial charge in [0, 0.05) is 12.1 Å². The van der Waals surface area contributed by atoms with Gasteiger partial charge in [-0.3, -0.25) is 4.79 Å². The van der Waals surface area contributed by atoms with Crippen LogP contribution in [-0.4, -0.2) is 63.3 Å². The van der Waals surface area contributed by atoms with E-state index in [1.54, 1.807) is 4.90 Å². The van der Waals surface area contributed by atoms with Crippen molar-refractivity contribution in [1.29, 1.82) is 0 Å². The third-order valence-corrected chi connectivity index (χ3v) is 6.61. The van der Waals surface area contributed by atoms with Gasteiger partial charge < -0.3 is 25.4 Å². The number of nitrogens with zero attached hydrogens (tertiary/aromatic N) is 1. The van der Waals surface area contributed by atoms with E-state index in [-0.39, 0.29) is 18.0 Å². The van der Waals surface area contributed by atoms with Crippen LogP contribution in [0, 0.1) is 11.8 Å². The van der Waals surface area contributed by atoms with Crippen molar-refractivity contribution in [3.63, 3.8) is 0 Å². The van der Waals surface area contributed by atoms with Crippen molar-refractivity contribution in [3.05, 3.63) is 0 Å². The standard InChI is InChI=1S/C16H27BN2O4/c20-14(19-3-1-2-13(19)17(22)23)9-18-15-5-11-4-12(6-15)8-16(21,7-11)10-15/h11-13,18,21-23H,1-10H2/t11-,12+,13-,15?,16?/m0/s1. The van der Waals surface area contributed by atoms with Crippen LogP contribution >= 0.6 is 0 Å². The van der Waals surface area contributed by atoms with Crippen LogP contribution in [-0.2, 0) is 4.79 Å². The fraction of sp³-hybridized carbons (Fsp3) is 0.938. The minimum Gasteiger partial charge on any atom is -0.426 e. The molecular weight excluding hydrogens is 295 g/mol. The lowest BCUT2D eigenvalue weighted by molar-refractivity contribution is -0.147. The highest BCUT2D eigenvalue weighted by Crippen LogP contribution is 2.57. The number of nitrogens with one attached hydrogen (secondary N) is 1. The Bertz CT molecular complexity index is 486. The highest BCUT2D eigenvalue weighted by molar-refractivity contribution is 6.43. The molecular formula is C16H27BN2O4. The van der Waals surface area contributed by atoms with Gasteiger partial charge in [0.2, 0.25) is 5.91 Å². The average Bonchev–Trinajstić information content (AvgIpc) is 2.91. The second kappa shape index (κ2) is 5.44. The summed E-state index contributed by atoms with van der Waals surface area (Å²) in [6, 6.07) is 0. The molecule has 1 amide bonds. The van der Waals surface area contributed by atoms with Crippen molar-refractivity contribution >= 4 is 13.0 Å². The molecule has 1 aliphatic heterocycles. The van der Waals surface area contributed by atoms with Crippen LogP contribution in [0.1, 0.15) is 51.4 Å². The molecule has 4 N–H and O–H groups in total. The minimum atomic E-state index is -1.46. The molecule has 5 atom stereocenters. The first-order chi connectivity index (χ1) is 10.9. The molecule has 0 radical (unpaired) electrons. The van der Waals surface area contributed by atoms with Gasteiger partial charge in [-0.15, -0.1) is 0 Å². The van der Waals surface area contributed by atoms with E-state index in [1.807, 2.05) is 0 Å². The van der Waals surface area contributed by atoms with Crippen molar-refractivity contribution in [3.8, 4) is 0 Å². The molecule has 0 aromatic carbocycles. The molecule has 7 heteroatoms. The maximum Gasteiger partial charge on any atom is 0.475 e. The number of likely N-dealkylation sites (tertiary alicyclic amines) is 1. The van der Waals surface area contributed by atoms with E-state index in [0.717, 1.165) is 38.5 Å². The van der Waals surface area contributed by atoms with Crippen molar-refractivity contribution in [2.45, 2.75) is 68.4 Å². The van der Waals surface area contributed by atoms with Gasteiger partial charge in [0.05, 0.1) is 18.1 Å². The van der Waals surface area contributed by atoms with Crippen LogP contribution in [0.5, 0.6) is 0 Å². The summed E-state index contributed by atoms with van der Waals surface area (Å²) < 4.78 is 0. The predicted molar refractivity (Wildman–Crippen MR) is 85.3 cm³/mol. The van der Waals surface area contributed by atoms with Gasteiger partial charge in [-0.1, -0.05) is 0 Å². The van der Waals surface area contributed by atoms with Gasteiger partial charge in [-0.2, -0.15) is 0 Å². The molecule has 5 fully saturated rings. The number of hydrogen-bond donors (Lipinski definition) is 4. The summed E-state index contributed by atoms with van der Waals surface area (Å²) in [6.45, 7) is 0.837. The van der Waals surface area contributed by atoms with Crippen LogP contribution in [0.3, 0.4) is 0 Å². The normalized spacial score (nSPS) is 44.8. The van der Waals surface area contributed by atoms with E-state index in [9.17, 15) is 19.9 Å². The lowest BCUT2D eigenvalue weighted by atomic mass is 9.51. The minimum absolute atomic E-state index is 0.0525. The molecule has 0 spiro atoms. The SMILES string of the molecule is O=C(CNC12C[C@@H]3C[C@@H](CC(O)(C3)C1)C2)N1CCC[C@H]1B(O)O. The Hall–Kier alpha value is -0.625. The fourth-order valence-electron chi connectivity index (χ4n) is 6.20. The van der Waals surface area contributed by atoms with Gasteiger partial charge in [-0.25, -0.2) is 0 Å². The van der Waals surface area contributed by atoms with Crippen LogP contribution in [0.2, 0.25) is 0 Å². The van der Waals surface area contributed by atoms with Crippen LogP contribution < -0.4 is 5.32 Å². The number of amides is 1. The van der Waals surface area contributed by atoms with E-state index in [4.69, 9.17) is 0 Å². The summed E-state index contributed by atoms with van der Waals surface area (Å²) in [5, 5.41) is 33.1. The predicted octanol–water partition coefficient (Wildman–Crippen LogP) is -0.337. The molecule has 128 valence electrons. The first-order valence-corrected chi connectivity index (χ1v) is 9.01. The molecule has 4 bridgehead atoms. The summed E-state index contributed by atoms with van der Waals surface area (Å²) >= 11 is 0. The number of rotatable bonds is 4. The zero-order chi connectivity index (χ0) is 16.2. The monoisotopic (exact) mass is 322 g/mol. The van der Waals surface area contributed by atoms with E-state index in [2.05, 4.69) is 5.32 Å². The van der Waals surface area contributed by atoms with Gasteiger partial charge >= 0.3 is 7.12 Å². The van der Waals surface area contributed by atoms with Crippen molar-refractivity contribution in [1.82, 2.24) is 10.2 Å². The first-order valence-electron chi connectivity index (χ1n) is 9.01. The summed E-state index contributed by atoms with van der Waals surface area (Å²) in [4.78, 5) is 14.1. The third kappa shape index (κ3) is 2.82. The van der Waals surface area contributed by atoms with Crippen LogP contribution in [0.4, 0.5) is 0 Å². The van der Waals surface area contributed by atoms with E-state index < -0.39 is 18.7 Å². The Balaban J connectivity index is 1.40. The zero-order valence-corrected chi connectivity index (χ0v) is 13.6. The van der Waals surface area contributed by atoms with Gasteiger partial charge in [0.25, 0.3) is 0 Å². The third-order valence-electron chi connectivity index (χ3n) is 6.61. The van der Waals surface area contributed by atoms with Gasteiger partial charge in [0.15, 0.2) is 0 Å². The highest BCUT2D eigenvalue weighted by atomic mass is 16.4. The smallest absolute Gasteiger partial charge is 0.426 e. The molecule has 4 aliphatic carbocycles. The maximum atomic E-state index is 12.5. The molecule has 5 aliphatic rings. The number of hydrogen-bond acceptors (Lipinski definition) is 5. The Morgan fingerprint density at radius 2 is 1.91 bits per heavy atom. The molecule has 6 nitrogen and oxygen atoms in total. The lowest BCUT2D eigenvalue weighted by Gasteiger charge is -2.60. The second-order valence-corrected chi connectivity index (χ2v) is 8.53. The topological polar surface area (TPSA) is 93.0 Å². The lowest BCUT2D eigenvalue weighted by Crippen LogP contribution is -2.65. The van der Waals surface area contributed by atoms with Crippen molar-refractivity contribution in [2.75, 3.05) is 13.1 Å². The van der Waals surface area contributed by atoms with Gasteiger partial charge in [-0.05, 0) is 63.2 Å². The largest absolute Gasteiger partial charge is 0.475 e. The molecule has 0 aromatic heterocycles. The summed E-state index contributed by atoms with van der Waals surface area (Å²) in [5.41, 5.74) is -0.626. The quantitative estimate of drug-likeness (QED) is 0.532. The highest BCUT2D eigenvalue weighted by Gasteiger charge is 2.57. The fourth-order valence-corrected chi connectivity index (χ4v) is 6.20. The molecule has 2 unspecified atom stereocenters. The number of carbonyl (C=O) groups is 1. The van der Waals surface area contributed by atoms with Crippen molar-refractivity contribution in [2.24, 2.45) is 11.8 Å². The summed E-state index contributed by atoms with van der Waals surface area (Å²) in [7, 11) is -1.46. The number of aliphatic hydroxyl groups is 1. The molecule has 5 rings (SSSR count). The van der Waals surface area contributed by atoms with E-state index >= 15 is 0 Å². The average molecular weight is 322 g/mol. The summed E-state index contributed by atoms with van der Waals surface area (Å²) in [6.07, 6.45) is 7.42. The Morgan fingerprint density at radius 3 is 2.52 bits per heavy atom. The molecule has 4 saturated carbocycles. The maximum absolute atomic E-state index is 12.5. The van der Waals surface area contributed by atoms with Crippen LogP contribution in [0.15, 0.2) is 0 Å². The Labute approximate surface area is 137 Å². The van der Waals surface area contributed by atoms with Crippen molar-refractivity contribution < 1.29 is 19.9 Å². The summed E-state index contributed by atoms with van der Waals surface area (Å²) in [5.74, 6) is 0.651. The Morgan fingerprint density at radius 1 is 1.22 bits per heavy atom. The van der Waals surface area contributed by atoms with Crippen LogP contribution in [0.25, 0.3) is 0 Å².